The lowest BCUT2D eigenvalue weighted by Crippen LogP contribution is -3.00. The SMILES string of the molecule is C[N+]1(C)CCN(C2Cc3ccccc3Sc3sccc32)CC1.[I-]. The molecule has 4 rings (SSSR count). The molecule has 1 aromatic carbocycles. The molecule has 5 heteroatoms. The fourth-order valence-corrected chi connectivity index (χ4v) is 5.74. The Balaban J connectivity index is 0.00000156. The second kappa shape index (κ2) is 7.04. The van der Waals surface area contributed by atoms with Gasteiger partial charge in [-0.1, -0.05) is 30.0 Å². The van der Waals surface area contributed by atoms with Crippen molar-refractivity contribution in [3.8, 4) is 0 Å². The molecule has 0 amide bonds. The molecule has 2 aliphatic heterocycles. The van der Waals surface area contributed by atoms with E-state index in [0.29, 0.717) is 6.04 Å². The van der Waals surface area contributed by atoms with E-state index in [9.17, 15) is 0 Å². The van der Waals surface area contributed by atoms with E-state index in [0.717, 1.165) is 10.9 Å². The van der Waals surface area contributed by atoms with Gasteiger partial charge in [0, 0.05) is 24.0 Å². The van der Waals surface area contributed by atoms with Crippen LogP contribution in [0.3, 0.4) is 0 Å². The van der Waals surface area contributed by atoms with Crippen LogP contribution in [0.25, 0.3) is 0 Å². The quantitative estimate of drug-likeness (QED) is 0.462. The minimum Gasteiger partial charge on any atom is -1.00 e. The van der Waals surface area contributed by atoms with Crippen LogP contribution >= 0.6 is 23.1 Å². The Labute approximate surface area is 164 Å². The van der Waals surface area contributed by atoms with E-state index >= 15 is 0 Å². The zero-order valence-electron chi connectivity index (χ0n) is 13.7. The summed E-state index contributed by atoms with van der Waals surface area (Å²) in [4.78, 5) is 4.17. The topological polar surface area (TPSA) is 3.24 Å². The highest BCUT2D eigenvalue weighted by atomic mass is 127. The van der Waals surface area contributed by atoms with E-state index in [2.05, 4.69) is 54.7 Å². The summed E-state index contributed by atoms with van der Waals surface area (Å²) in [5, 5.41) is 2.27. The average Bonchev–Trinajstić information content (AvgIpc) is 2.89. The Kier molecular flexibility index (Phi) is 5.43. The second-order valence-electron chi connectivity index (χ2n) is 7.01. The number of hydrogen-bond acceptors (Lipinski definition) is 3. The first kappa shape index (κ1) is 17.7. The molecule has 1 saturated heterocycles. The maximum Gasteiger partial charge on any atom is 0.0912 e. The third-order valence-corrected chi connectivity index (χ3v) is 7.33. The fourth-order valence-electron chi connectivity index (χ4n) is 3.48. The van der Waals surface area contributed by atoms with E-state index in [4.69, 9.17) is 0 Å². The molecule has 0 aliphatic carbocycles. The summed E-state index contributed by atoms with van der Waals surface area (Å²) in [6.07, 6.45) is 1.15. The maximum atomic E-state index is 2.72. The van der Waals surface area contributed by atoms with Crippen molar-refractivity contribution >= 4 is 23.1 Å². The number of likely N-dealkylation sites (N-methyl/N-ethyl adjacent to an activating group) is 1. The van der Waals surface area contributed by atoms with Crippen LogP contribution in [0.5, 0.6) is 0 Å². The zero-order chi connectivity index (χ0) is 15.2. The summed E-state index contributed by atoms with van der Waals surface area (Å²) >= 11 is 3.87. The predicted molar refractivity (Wildman–Crippen MR) is 94.7 cm³/mol. The number of rotatable bonds is 1. The molecule has 0 N–H and O–H groups in total. The van der Waals surface area contributed by atoms with Crippen molar-refractivity contribution in [2.24, 2.45) is 0 Å². The van der Waals surface area contributed by atoms with Crippen LogP contribution in [0, 0.1) is 0 Å². The van der Waals surface area contributed by atoms with Crippen LogP contribution in [0.1, 0.15) is 17.2 Å². The van der Waals surface area contributed by atoms with E-state index < -0.39 is 0 Å². The molecule has 1 aromatic heterocycles. The first-order valence-corrected chi connectivity index (χ1v) is 9.71. The molecule has 1 atom stereocenters. The maximum absolute atomic E-state index is 2.72. The lowest BCUT2D eigenvalue weighted by molar-refractivity contribution is -0.894. The predicted octanol–water partition coefficient (Wildman–Crippen LogP) is 0.892. The van der Waals surface area contributed by atoms with Crippen molar-refractivity contribution in [1.29, 1.82) is 0 Å². The minimum atomic E-state index is 0. The van der Waals surface area contributed by atoms with Crippen molar-refractivity contribution in [2.75, 3.05) is 40.3 Å². The van der Waals surface area contributed by atoms with Crippen molar-refractivity contribution in [2.45, 2.75) is 21.6 Å². The van der Waals surface area contributed by atoms with Gasteiger partial charge in [-0.15, -0.1) is 11.3 Å². The molecule has 2 nitrogen and oxygen atoms in total. The molecule has 0 bridgehead atoms. The van der Waals surface area contributed by atoms with Gasteiger partial charge in [0.25, 0.3) is 0 Å². The molecule has 23 heavy (non-hydrogen) atoms. The molecule has 2 aromatic rings. The molecule has 0 spiro atoms. The van der Waals surface area contributed by atoms with Gasteiger partial charge < -0.3 is 28.5 Å². The van der Waals surface area contributed by atoms with Crippen molar-refractivity contribution < 1.29 is 28.5 Å². The Morgan fingerprint density at radius 3 is 2.61 bits per heavy atom. The number of quaternary nitrogens is 1. The zero-order valence-corrected chi connectivity index (χ0v) is 17.5. The molecule has 3 heterocycles. The molecule has 1 fully saturated rings. The molecular formula is C18H23IN2S2. The second-order valence-corrected chi connectivity index (χ2v) is 9.24. The van der Waals surface area contributed by atoms with Crippen molar-refractivity contribution in [1.82, 2.24) is 4.90 Å². The van der Waals surface area contributed by atoms with E-state index in [1.54, 1.807) is 5.56 Å². The summed E-state index contributed by atoms with van der Waals surface area (Å²) < 4.78 is 2.65. The monoisotopic (exact) mass is 458 g/mol. The number of halogens is 1. The minimum absolute atomic E-state index is 0. The highest BCUT2D eigenvalue weighted by Crippen LogP contribution is 2.45. The van der Waals surface area contributed by atoms with Gasteiger partial charge in [0.1, 0.15) is 0 Å². The molecule has 0 saturated carbocycles. The van der Waals surface area contributed by atoms with Gasteiger partial charge in [0.2, 0.25) is 0 Å². The fraction of sp³-hybridized carbons (Fsp3) is 0.444. The first-order valence-electron chi connectivity index (χ1n) is 8.02. The van der Waals surface area contributed by atoms with E-state index in [1.165, 1.54) is 40.8 Å². The Bertz CT molecular complexity index is 673. The van der Waals surface area contributed by atoms with E-state index in [-0.39, 0.29) is 24.0 Å². The third-order valence-electron chi connectivity index (χ3n) is 5.03. The average molecular weight is 458 g/mol. The Hall–Kier alpha value is -0.0800. The van der Waals surface area contributed by atoms with Gasteiger partial charge in [-0.3, -0.25) is 4.90 Å². The van der Waals surface area contributed by atoms with Gasteiger partial charge in [-0.05, 0) is 35.1 Å². The van der Waals surface area contributed by atoms with Gasteiger partial charge in [0.05, 0.1) is 31.4 Å². The Morgan fingerprint density at radius 1 is 1.09 bits per heavy atom. The number of hydrogen-bond donors (Lipinski definition) is 0. The van der Waals surface area contributed by atoms with Crippen LogP contribution in [0.15, 0.2) is 44.8 Å². The summed E-state index contributed by atoms with van der Waals surface area (Å²) in [6, 6.07) is 11.9. The number of piperazine rings is 1. The molecule has 124 valence electrons. The van der Waals surface area contributed by atoms with Gasteiger partial charge >= 0.3 is 0 Å². The van der Waals surface area contributed by atoms with Gasteiger partial charge in [0.15, 0.2) is 0 Å². The van der Waals surface area contributed by atoms with E-state index in [1.807, 2.05) is 23.1 Å². The molecule has 0 radical (unpaired) electrons. The third kappa shape index (κ3) is 3.63. The molecule has 2 aliphatic rings. The van der Waals surface area contributed by atoms with Crippen molar-refractivity contribution in [3.05, 3.63) is 46.8 Å². The van der Waals surface area contributed by atoms with Crippen LogP contribution in [-0.2, 0) is 6.42 Å². The number of benzene rings is 1. The summed E-state index contributed by atoms with van der Waals surface area (Å²) in [7, 11) is 4.71. The van der Waals surface area contributed by atoms with Crippen LogP contribution < -0.4 is 24.0 Å². The summed E-state index contributed by atoms with van der Waals surface area (Å²) in [6.45, 7) is 4.93. The number of fused-ring (bicyclic) bond motifs is 2. The first-order chi connectivity index (χ1) is 10.6. The normalized spacial score (nSPS) is 23.3. The van der Waals surface area contributed by atoms with Gasteiger partial charge in [-0.2, -0.15) is 0 Å². The largest absolute Gasteiger partial charge is 1.00 e. The number of thiophene rings is 1. The van der Waals surface area contributed by atoms with Crippen LogP contribution in [0.4, 0.5) is 0 Å². The van der Waals surface area contributed by atoms with Crippen LogP contribution in [0.2, 0.25) is 0 Å². The lowest BCUT2D eigenvalue weighted by atomic mass is 9.98. The molecular weight excluding hydrogens is 435 g/mol. The summed E-state index contributed by atoms with van der Waals surface area (Å²) in [5.74, 6) is 0. The summed E-state index contributed by atoms with van der Waals surface area (Å²) in [5.41, 5.74) is 3.07. The number of nitrogens with zero attached hydrogens (tertiary/aromatic N) is 2. The smallest absolute Gasteiger partial charge is 0.0912 e. The van der Waals surface area contributed by atoms with Gasteiger partial charge in [-0.25, -0.2) is 0 Å². The van der Waals surface area contributed by atoms with Crippen molar-refractivity contribution in [3.63, 3.8) is 0 Å². The molecule has 1 unspecified atom stereocenters. The Morgan fingerprint density at radius 2 is 1.83 bits per heavy atom. The van der Waals surface area contributed by atoms with Crippen LogP contribution in [-0.4, -0.2) is 49.7 Å². The highest BCUT2D eigenvalue weighted by Gasteiger charge is 2.33. The standard InChI is InChI=1S/C18H23N2S2.HI/c1-20(2)10-8-19(9-11-20)16-13-14-5-3-4-6-17(14)22-18-15(16)7-12-21-18;/h3-7,12,16H,8-11,13H2,1-2H3;1H/q+1;/p-1. The lowest BCUT2D eigenvalue weighted by Gasteiger charge is -2.42. The highest BCUT2D eigenvalue weighted by molar-refractivity contribution is 8.01.